The molecule has 0 aromatic carbocycles. The van der Waals surface area contributed by atoms with Crippen molar-refractivity contribution >= 4 is 0 Å². The first-order valence-electron chi connectivity index (χ1n) is 4.39. The van der Waals surface area contributed by atoms with E-state index in [0.717, 1.165) is 11.8 Å². The molecule has 1 heterocycles. The van der Waals surface area contributed by atoms with Gasteiger partial charge < -0.3 is 0 Å². The zero-order chi connectivity index (χ0) is 7.26. The van der Waals surface area contributed by atoms with E-state index in [1.165, 1.54) is 19.3 Å². The van der Waals surface area contributed by atoms with Crippen LogP contribution in [0.4, 0.5) is 0 Å². The molecule has 1 saturated carbocycles. The van der Waals surface area contributed by atoms with Crippen LogP contribution in [-0.2, 0) is 0 Å². The van der Waals surface area contributed by atoms with Gasteiger partial charge in [-0.3, -0.25) is 4.98 Å². The van der Waals surface area contributed by atoms with Crippen LogP contribution in [0.25, 0.3) is 0 Å². The lowest BCUT2D eigenvalue weighted by molar-refractivity contribution is 0.713. The summed E-state index contributed by atoms with van der Waals surface area (Å²) in [5.74, 6) is 1.75. The molecule has 0 N–H and O–H groups in total. The van der Waals surface area contributed by atoms with E-state index in [0.29, 0.717) is 0 Å². The van der Waals surface area contributed by atoms with Crippen molar-refractivity contribution in [1.29, 1.82) is 0 Å². The Labute approximate surface area is 66.5 Å². The molecule has 11 heavy (non-hydrogen) atoms. The van der Waals surface area contributed by atoms with Crippen LogP contribution >= 0.6 is 0 Å². The first kappa shape index (κ1) is 5.76. The summed E-state index contributed by atoms with van der Waals surface area (Å²) in [5, 5.41) is 0. The average Bonchev–Trinajstić information content (AvgIpc) is 2.64. The van der Waals surface area contributed by atoms with Gasteiger partial charge in [-0.25, -0.2) is 0 Å². The maximum absolute atomic E-state index is 4.18. The van der Waals surface area contributed by atoms with Gasteiger partial charge in [-0.2, -0.15) is 0 Å². The fourth-order valence-corrected chi connectivity index (χ4v) is 2.68. The van der Waals surface area contributed by atoms with Crippen molar-refractivity contribution in [2.45, 2.75) is 31.1 Å². The van der Waals surface area contributed by atoms with Gasteiger partial charge in [0.25, 0.3) is 0 Å². The molecule has 1 nitrogen and oxygen atoms in total. The molecule has 0 aliphatic heterocycles. The minimum Gasteiger partial charge on any atom is -0.264 e. The lowest BCUT2D eigenvalue weighted by Gasteiger charge is -2.12. The molecule has 1 aromatic rings. The van der Waals surface area contributed by atoms with E-state index >= 15 is 0 Å². The zero-order valence-electron chi connectivity index (χ0n) is 6.46. The average molecular weight is 145 g/mol. The Bertz CT molecular complexity index is 264. The molecule has 2 atom stereocenters. The lowest BCUT2D eigenvalue weighted by Crippen LogP contribution is -1.97. The fraction of sp³-hybridized carbons (Fsp3) is 0.500. The third kappa shape index (κ3) is 0.635. The number of hydrogen-bond donors (Lipinski definition) is 0. The minimum atomic E-state index is 0.865. The zero-order valence-corrected chi connectivity index (χ0v) is 6.46. The molecule has 2 aliphatic carbocycles. The molecule has 2 aliphatic rings. The standard InChI is InChI=1S/C10H11N/c1-2-8-5-7(1)9-3-4-11-6-10(8)9/h3-4,6-8H,1-2,5H2/t7-,8+/m1/s1. The van der Waals surface area contributed by atoms with E-state index < -0.39 is 0 Å². The summed E-state index contributed by atoms with van der Waals surface area (Å²) < 4.78 is 0. The van der Waals surface area contributed by atoms with E-state index in [1.54, 1.807) is 11.1 Å². The smallest absolute Gasteiger partial charge is 0.0305 e. The number of nitrogens with zero attached hydrogens (tertiary/aromatic N) is 1. The predicted octanol–water partition coefficient (Wildman–Crippen LogP) is 2.45. The van der Waals surface area contributed by atoms with Crippen molar-refractivity contribution in [3.8, 4) is 0 Å². The van der Waals surface area contributed by atoms with Crippen LogP contribution in [0.5, 0.6) is 0 Å². The number of pyridine rings is 1. The summed E-state index contributed by atoms with van der Waals surface area (Å²) in [4.78, 5) is 4.18. The molecular weight excluding hydrogens is 134 g/mol. The van der Waals surface area contributed by atoms with Crippen molar-refractivity contribution in [3.05, 3.63) is 29.6 Å². The van der Waals surface area contributed by atoms with Crippen LogP contribution in [0.3, 0.4) is 0 Å². The second-order valence-corrected chi connectivity index (χ2v) is 3.71. The maximum Gasteiger partial charge on any atom is 0.0305 e. The third-order valence-corrected chi connectivity index (χ3v) is 3.20. The van der Waals surface area contributed by atoms with E-state index in [9.17, 15) is 0 Å². The molecular formula is C10H11N. The van der Waals surface area contributed by atoms with E-state index in [-0.39, 0.29) is 0 Å². The summed E-state index contributed by atoms with van der Waals surface area (Å²) in [7, 11) is 0. The Kier molecular flexibility index (Phi) is 0.965. The SMILES string of the molecule is c1cc2c(cn1)[C@H]1CC[C@@H]2C1. The molecule has 0 saturated heterocycles. The highest BCUT2D eigenvalue weighted by molar-refractivity contribution is 5.38. The Balaban J connectivity index is 2.23. The monoisotopic (exact) mass is 145 g/mol. The van der Waals surface area contributed by atoms with Gasteiger partial charge in [0.2, 0.25) is 0 Å². The van der Waals surface area contributed by atoms with Gasteiger partial charge in [0.15, 0.2) is 0 Å². The van der Waals surface area contributed by atoms with Crippen molar-refractivity contribution in [1.82, 2.24) is 4.98 Å². The molecule has 3 rings (SSSR count). The first-order chi connectivity index (χ1) is 5.45. The molecule has 0 unspecified atom stereocenters. The van der Waals surface area contributed by atoms with Crippen LogP contribution < -0.4 is 0 Å². The number of rotatable bonds is 0. The van der Waals surface area contributed by atoms with Gasteiger partial charge in [0.05, 0.1) is 0 Å². The van der Waals surface area contributed by atoms with Crippen molar-refractivity contribution < 1.29 is 0 Å². The van der Waals surface area contributed by atoms with Crippen molar-refractivity contribution in [2.75, 3.05) is 0 Å². The summed E-state index contributed by atoms with van der Waals surface area (Å²) in [5.41, 5.74) is 3.14. The van der Waals surface area contributed by atoms with Crippen LogP contribution in [0.15, 0.2) is 18.5 Å². The van der Waals surface area contributed by atoms with Gasteiger partial charge >= 0.3 is 0 Å². The van der Waals surface area contributed by atoms with E-state index in [2.05, 4.69) is 17.2 Å². The summed E-state index contributed by atoms with van der Waals surface area (Å²) in [6, 6.07) is 2.21. The van der Waals surface area contributed by atoms with Gasteiger partial charge in [-0.1, -0.05) is 0 Å². The largest absolute Gasteiger partial charge is 0.264 e. The molecule has 0 radical (unpaired) electrons. The summed E-state index contributed by atoms with van der Waals surface area (Å²) in [6.45, 7) is 0. The molecule has 56 valence electrons. The maximum atomic E-state index is 4.18. The van der Waals surface area contributed by atoms with Crippen molar-refractivity contribution in [3.63, 3.8) is 0 Å². The third-order valence-electron chi connectivity index (χ3n) is 3.20. The number of fused-ring (bicyclic) bond motifs is 5. The normalized spacial score (nSPS) is 32.4. The highest BCUT2D eigenvalue weighted by Gasteiger charge is 2.36. The predicted molar refractivity (Wildman–Crippen MR) is 43.6 cm³/mol. The Morgan fingerprint density at radius 3 is 2.82 bits per heavy atom. The quantitative estimate of drug-likeness (QED) is 0.546. The second kappa shape index (κ2) is 1.84. The number of aromatic nitrogens is 1. The molecule has 0 spiro atoms. The first-order valence-corrected chi connectivity index (χ1v) is 4.39. The Morgan fingerprint density at radius 1 is 1.18 bits per heavy atom. The molecule has 1 heteroatoms. The van der Waals surface area contributed by atoms with Crippen LogP contribution in [0, 0.1) is 0 Å². The van der Waals surface area contributed by atoms with Gasteiger partial charge in [-0.05, 0) is 48.3 Å². The molecule has 2 bridgehead atoms. The van der Waals surface area contributed by atoms with E-state index in [4.69, 9.17) is 0 Å². The number of hydrogen-bond acceptors (Lipinski definition) is 1. The van der Waals surface area contributed by atoms with Crippen molar-refractivity contribution in [2.24, 2.45) is 0 Å². The fourth-order valence-electron chi connectivity index (χ4n) is 2.68. The molecule has 1 fully saturated rings. The van der Waals surface area contributed by atoms with Gasteiger partial charge in [0, 0.05) is 12.4 Å². The Morgan fingerprint density at radius 2 is 2.00 bits per heavy atom. The van der Waals surface area contributed by atoms with Crippen LogP contribution in [-0.4, -0.2) is 4.98 Å². The van der Waals surface area contributed by atoms with Crippen LogP contribution in [0.2, 0.25) is 0 Å². The van der Waals surface area contributed by atoms with Crippen LogP contribution in [0.1, 0.15) is 42.2 Å². The summed E-state index contributed by atoms with van der Waals surface area (Å²) >= 11 is 0. The second-order valence-electron chi connectivity index (χ2n) is 3.71. The van der Waals surface area contributed by atoms with E-state index in [1.807, 2.05) is 6.20 Å². The van der Waals surface area contributed by atoms with Gasteiger partial charge in [-0.15, -0.1) is 0 Å². The van der Waals surface area contributed by atoms with Gasteiger partial charge in [0.1, 0.15) is 0 Å². The highest BCUT2D eigenvalue weighted by atomic mass is 14.6. The highest BCUT2D eigenvalue weighted by Crippen LogP contribution is 2.52. The molecule has 0 amide bonds. The summed E-state index contributed by atoms with van der Waals surface area (Å²) in [6.07, 6.45) is 8.23. The molecule has 1 aromatic heterocycles. The topological polar surface area (TPSA) is 12.9 Å². The Hall–Kier alpha value is -0.850. The lowest BCUT2D eigenvalue weighted by atomic mass is 9.94. The minimum absolute atomic E-state index is 0.865.